The van der Waals surface area contributed by atoms with E-state index in [1.54, 1.807) is 5.06 Å². The molecule has 0 aliphatic carbocycles. The SMILES string of the molecule is c1ccc2cc(N3CCOO3)ccc2c1. The minimum atomic E-state index is 0.618. The van der Waals surface area contributed by atoms with E-state index in [2.05, 4.69) is 24.3 Å². The molecule has 0 unspecified atom stereocenters. The minimum absolute atomic E-state index is 0.618. The van der Waals surface area contributed by atoms with Crippen molar-refractivity contribution < 1.29 is 9.88 Å². The van der Waals surface area contributed by atoms with Gasteiger partial charge in [0.1, 0.15) is 6.61 Å². The van der Waals surface area contributed by atoms with Crippen LogP contribution in [-0.2, 0) is 9.88 Å². The molecular weight excluding hydrogens is 190 g/mol. The van der Waals surface area contributed by atoms with Crippen molar-refractivity contribution in [2.75, 3.05) is 18.2 Å². The van der Waals surface area contributed by atoms with Crippen LogP contribution in [0, 0.1) is 0 Å². The number of hydroxylamine groups is 1. The van der Waals surface area contributed by atoms with Crippen molar-refractivity contribution in [3.8, 4) is 0 Å². The quantitative estimate of drug-likeness (QED) is 0.662. The van der Waals surface area contributed by atoms with Crippen molar-refractivity contribution in [2.24, 2.45) is 0 Å². The van der Waals surface area contributed by atoms with E-state index >= 15 is 0 Å². The molecule has 76 valence electrons. The molecular formula is C12H11NO2. The molecule has 0 radical (unpaired) electrons. The smallest absolute Gasteiger partial charge is 0.105 e. The summed E-state index contributed by atoms with van der Waals surface area (Å²) >= 11 is 0. The summed E-state index contributed by atoms with van der Waals surface area (Å²) in [4.78, 5) is 9.87. The highest BCUT2D eigenvalue weighted by molar-refractivity contribution is 5.85. The third kappa shape index (κ3) is 1.56. The van der Waals surface area contributed by atoms with Crippen LogP contribution in [0.5, 0.6) is 0 Å². The highest BCUT2D eigenvalue weighted by atomic mass is 17.3. The molecule has 1 aliphatic heterocycles. The van der Waals surface area contributed by atoms with Gasteiger partial charge in [-0.1, -0.05) is 30.3 Å². The zero-order valence-corrected chi connectivity index (χ0v) is 8.22. The summed E-state index contributed by atoms with van der Waals surface area (Å²) in [6.45, 7) is 1.39. The molecule has 0 atom stereocenters. The normalized spacial score (nSPS) is 16.1. The van der Waals surface area contributed by atoms with Gasteiger partial charge in [-0.25, -0.2) is 9.95 Å². The first-order valence-electron chi connectivity index (χ1n) is 4.99. The number of anilines is 1. The van der Waals surface area contributed by atoms with Gasteiger partial charge < -0.3 is 0 Å². The van der Waals surface area contributed by atoms with Gasteiger partial charge in [0.05, 0.1) is 12.2 Å². The zero-order valence-electron chi connectivity index (χ0n) is 8.22. The maximum atomic E-state index is 5.02. The Morgan fingerprint density at radius 2 is 1.87 bits per heavy atom. The van der Waals surface area contributed by atoms with Crippen LogP contribution in [0.4, 0.5) is 5.69 Å². The third-order valence-electron chi connectivity index (χ3n) is 2.54. The lowest BCUT2D eigenvalue weighted by molar-refractivity contribution is -0.258. The standard InChI is InChI=1S/C12H11NO2/c1-2-4-11-9-12(6-5-10(11)3-1)13-7-8-14-15-13/h1-6,9H,7-8H2. The van der Waals surface area contributed by atoms with Gasteiger partial charge in [0.25, 0.3) is 0 Å². The summed E-state index contributed by atoms with van der Waals surface area (Å²) in [7, 11) is 0. The first-order chi connectivity index (χ1) is 7.43. The fourth-order valence-electron chi connectivity index (χ4n) is 1.76. The van der Waals surface area contributed by atoms with E-state index in [0.717, 1.165) is 12.2 Å². The number of benzene rings is 2. The predicted molar refractivity (Wildman–Crippen MR) is 58.3 cm³/mol. The van der Waals surface area contributed by atoms with Crippen LogP contribution in [0.25, 0.3) is 10.8 Å². The zero-order chi connectivity index (χ0) is 10.1. The number of hydrogen-bond acceptors (Lipinski definition) is 3. The van der Waals surface area contributed by atoms with E-state index in [-0.39, 0.29) is 0 Å². The average molecular weight is 201 g/mol. The minimum Gasteiger partial charge on any atom is -0.220 e. The summed E-state index contributed by atoms with van der Waals surface area (Å²) in [5.74, 6) is 0. The second-order valence-electron chi connectivity index (χ2n) is 3.53. The Hall–Kier alpha value is -1.58. The molecule has 0 amide bonds. The Morgan fingerprint density at radius 3 is 2.67 bits per heavy atom. The van der Waals surface area contributed by atoms with Crippen LogP contribution >= 0.6 is 0 Å². The molecule has 15 heavy (non-hydrogen) atoms. The molecule has 2 aromatic rings. The van der Waals surface area contributed by atoms with E-state index in [0.29, 0.717) is 6.61 Å². The van der Waals surface area contributed by atoms with Gasteiger partial charge in [-0.05, 0) is 22.9 Å². The number of nitrogens with zero attached hydrogens (tertiary/aromatic N) is 1. The average Bonchev–Trinajstić information content (AvgIpc) is 2.82. The fourth-order valence-corrected chi connectivity index (χ4v) is 1.76. The van der Waals surface area contributed by atoms with Crippen molar-refractivity contribution in [1.29, 1.82) is 0 Å². The lowest BCUT2D eigenvalue weighted by atomic mass is 10.1. The molecule has 0 spiro atoms. The van der Waals surface area contributed by atoms with Crippen molar-refractivity contribution in [3.63, 3.8) is 0 Å². The first-order valence-corrected chi connectivity index (χ1v) is 4.99. The highest BCUT2D eigenvalue weighted by Gasteiger charge is 2.14. The molecule has 3 nitrogen and oxygen atoms in total. The summed E-state index contributed by atoms with van der Waals surface area (Å²) < 4.78 is 0. The Morgan fingerprint density at radius 1 is 1.00 bits per heavy atom. The lowest BCUT2D eigenvalue weighted by Crippen LogP contribution is -2.16. The Bertz CT molecular complexity index is 478. The highest BCUT2D eigenvalue weighted by Crippen LogP contribution is 2.23. The van der Waals surface area contributed by atoms with Crippen LogP contribution in [-0.4, -0.2) is 13.2 Å². The van der Waals surface area contributed by atoms with Gasteiger partial charge in [-0.15, -0.1) is 4.99 Å². The molecule has 0 saturated carbocycles. The summed E-state index contributed by atoms with van der Waals surface area (Å²) in [5, 5.41) is 4.21. The van der Waals surface area contributed by atoms with Gasteiger partial charge >= 0.3 is 0 Å². The second kappa shape index (κ2) is 3.53. The van der Waals surface area contributed by atoms with Crippen molar-refractivity contribution in [2.45, 2.75) is 0 Å². The van der Waals surface area contributed by atoms with Gasteiger partial charge in [0.15, 0.2) is 0 Å². The van der Waals surface area contributed by atoms with Crippen LogP contribution in [0.1, 0.15) is 0 Å². The molecule has 1 heterocycles. The monoisotopic (exact) mass is 201 g/mol. The Kier molecular flexibility index (Phi) is 2.05. The maximum Gasteiger partial charge on any atom is 0.105 e. The van der Waals surface area contributed by atoms with Crippen LogP contribution < -0.4 is 5.06 Å². The molecule has 3 heteroatoms. The third-order valence-corrected chi connectivity index (χ3v) is 2.54. The first kappa shape index (κ1) is 8.71. The van der Waals surface area contributed by atoms with Crippen molar-refractivity contribution in [1.82, 2.24) is 0 Å². The Labute approximate surface area is 87.7 Å². The van der Waals surface area contributed by atoms with Crippen molar-refractivity contribution >= 4 is 16.5 Å². The molecule has 2 aromatic carbocycles. The lowest BCUT2D eigenvalue weighted by Gasteiger charge is -2.13. The number of hydrogen-bond donors (Lipinski definition) is 0. The second-order valence-corrected chi connectivity index (χ2v) is 3.53. The van der Waals surface area contributed by atoms with E-state index in [1.807, 2.05) is 18.2 Å². The molecule has 1 fully saturated rings. The number of rotatable bonds is 1. The van der Waals surface area contributed by atoms with E-state index in [9.17, 15) is 0 Å². The topological polar surface area (TPSA) is 21.7 Å². The van der Waals surface area contributed by atoms with Gasteiger partial charge in [0.2, 0.25) is 0 Å². The van der Waals surface area contributed by atoms with Crippen LogP contribution in [0.15, 0.2) is 42.5 Å². The van der Waals surface area contributed by atoms with Crippen LogP contribution in [0.2, 0.25) is 0 Å². The molecule has 1 saturated heterocycles. The maximum absolute atomic E-state index is 5.02. The molecule has 3 rings (SSSR count). The number of fused-ring (bicyclic) bond motifs is 1. The van der Waals surface area contributed by atoms with Crippen molar-refractivity contribution in [3.05, 3.63) is 42.5 Å². The van der Waals surface area contributed by atoms with E-state index in [4.69, 9.17) is 9.88 Å². The summed E-state index contributed by atoms with van der Waals surface area (Å²) in [5.41, 5.74) is 1.03. The van der Waals surface area contributed by atoms with Gasteiger partial charge in [-0.3, -0.25) is 0 Å². The predicted octanol–water partition coefficient (Wildman–Crippen LogP) is 2.52. The largest absolute Gasteiger partial charge is 0.220 e. The van der Waals surface area contributed by atoms with Crippen LogP contribution in [0.3, 0.4) is 0 Å². The fraction of sp³-hybridized carbons (Fsp3) is 0.167. The van der Waals surface area contributed by atoms with Gasteiger partial charge in [-0.2, -0.15) is 0 Å². The van der Waals surface area contributed by atoms with E-state index in [1.165, 1.54) is 10.8 Å². The molecule has 0 bridgehead atoms. The summed E-state index contributed by atoms with van der Waals surface area (Å²) in [6.07, 6.45) is 0. The summed E-state index contributed by atoms with van der Waals surface area (Å²) in [6, 6.07) is 14.5. The molecule has 1 aliphatic rings. The van der Waals surface area contributed by atoms with Gasteiger partial charge in [0, 0.05) is 0 Å². The molecule has 0 N–H and O–H groups in total. The Balaban J connectivity index is 2.05. The molecule has 0 aromatic heterocycles. The van der Waals surface area contributed by atoms with E-state index < -0.39 is 0 Å².